The molecule has 0 aromatic carbocycles. The average molecular weight is 250 g/mol. The van der Waals surface area contributed by atoms with E-state index in [-0.39, 0.29) is 6.10 Å². The van der Waals surface area contributed by atoms with Gasteiger partial charge < -0.3 is 15.2 Å². The van der Waals surface area contributed by atoms with Gasteiger partial charge >= 0.3 is 17.7 Å². The minimum Gasteiger partial charge on any atom is -0.448 e. The van der Waals surface area contributed by atoms with Crippen LogP contribution in [0.3, 0.4) is 0 Å². The zero-order chi connectivity index (χ0) is 12.5. The SMILES string of the molecule is COc1[nH]c2c(N)nc(OC3CCCC3)nc2[nH+]1. The van der Waals surface area contributed by atoms with E-state index in [4.69, 9.17) is 15.2 Å². The van der Waals surface area contributed by atoms with Crippen LogP contribution in [0.15, 0.2) is 0 Å². The van der Waals surface area contributed by atoms with Crippen LogP contribution in [0, 0.1) is 0 Å². The molecule has 0 radical (unpaired) electrons. The van der Waals surface area contributed by atoms with Crippen molar-refractivity contribution in [2.75, 3.05) is 12.8 Å². The molecule has 1 aliphatic rings. The van der Waals surface area contributed by atoms with Crippen LogP contribution in [0.5, 0.6) is 12.0 Å². The standard InChI is InChI=1S/C11H15N5O2/c1-17-10-13-7-8(12)14-11(16-9(7)15-10)18-6-4-2-3-5-6/h6H,2-5H2,1H3,(H3,12,13,14,15,16)/p+1. The van der Waals surface area contributed by atoms with Crippen molar-refractivity contribution in [1.82, 2.24) is 15.0 Å². The van der Waals surface area contributed by atoms with Gasteiger partial charge in [-0.3, -0.25) is 0 Å². The molecule has 0 spiro atoms. The monoisotopic (exact) mass is 250 g/mol. The summed E-state index contributed by atoms with van der Waals surface area (Å²) in [4.78, 5) is 14.4. The molecule has 1 aliphatic carbocycles. The summed E-state index contributed by atoms with van der Waals surface area (Å²) < 4.78 is 10.8. The number of H-pyrrole nitrogens is 2. The predicted molar refractivity (Wildman–Crippen MR) is 64.3 cm³/mol. The van der Waals surface area contributed by atoms with Crippen LogP contribution in [0.4, 0.5) is 5.82 Å². The molecule has 96 valence electrons. The van der Waals surface area contributed by atoms with E-state index in [9.17, 15) is 0 Å². The normalized spacial score (nSPS) is 16.3. The Morgan fingerprint density at radius 2 is 2.11 bits per heavy atom. The number of imidazole rings is 1. The van der Waals surface area contributed by atoms with Gasteiger partial charge in [-0.05, 0) is 30.7 Å². The molecule has 18 heavy (non-hydrogen) atoms. The van der Waals surface area contributed by atoms with E-state index in [1.54, 1.807) is 7.11 Å². The lowest BCUT2D eigenvalue weighted by molar-refractivity contribution is -0.364. The number of methoxy groups -OCH3 is 1. The molecule has 3 rings (SSSR count). The van der Waals surface area contributed by atoms with Crippen molar-refractivity contribution < 1.29 is 14.5 Å². The van der Waals surface area contributed by atoms with Gasteiger partial charge in [0.1, 0.15) is 6.10 Å². The first-order valence-corrected chi connectivity index (χ1v) is 6.05. The number of ether oxygens (including phenoxy) is 2. The Kier molecular flexibility index (Phi) is 2.66. The number of hydrogen-bond donors (Lipinski definition) is 2. The molecule has 2 aromatic heterocycles. The number of aromatic nitrogens is 4. The maximum atomic E-state index is 5.86. The third kappa shape index (κ3) is 1.92. The second-order valence-electron chi connectivity index (χ2n) is 4.42. The van der Waals surface area contributed by atoms with Crippen LogP contribution in [0.2, 0.25) is 0 Å². The van der Waals surface area contributed by atoms with Crippen molar-refractivity contribution in [2.24, 2.45) is 0 Å². The van der Waals surface area contributed by atoms with Gasteiger partial charge in [0.15, 0.2) is 5.82 Å². The first-order valence-electron chi connectivity index (χ1n) is 6.05. The lowest BCUT2D eigenvalue weighted by Crippen LogP contribution is -2.14. The van der Waals surface area contributed by atoms with E-state index < -0.39 is 0 Å². The molecule has 1 fully saturated rings. The molecule has 0 amide bonds. The average Bonchev–Trinajstić information content (AvgIpc) is 2.97. The van der Waals surface area contributed by atoms with E-state index in [2.05, 4.69) is 19.9 Å². The van der Waals surface area contributed by atoms with Gasteiger partial charge in [0.05, 0.1) is 7.11 Å². The minimum atomic E-state index is 0.211. The number of nitrogens with zero attached hydrogens (tertiary/aromatic N) is 2. The summed E-state index contributed by atoms with van der Waals surface area (Å²) in [6.45, 7) is 0. The van der Waals surface area contributed by atoms with Crippen molar-refractivity contribution in [2.45, 2.75) is 31.8 Å². The molecular weight excluding hydrogens is 234 g/mol. The number of nitrogens with one attached hydrogen (secondary N) is 2. The van der Waals surface area contributed by atoms with Crippen molar-refractivity contribution in [3.8, 4) is 12.0 Å². The molecule has 4 N–H and O–H groups in total. The Balaban J connectivity index is 1.92. The minimum absolute atomic E-state index is 0.211. The quantitative estimate of drug-likeness (QED) is 0.834. The highest BCUT2D eigenvalue weighted by Gasteiger charge is 2.22. The van der Waals surface area contributed by atoms with E-state index >= 15 is 0 Å². The first-order chi connectivity index (χ1) is 8.76. The van der Waals surface area contributed by atoms with Crippen LogP contribution in [0.1, 0.15) is 25.7 Å². The number of hydrogen-bond acceptors (Lipinski definition) is 5. The Morgan fingerprint density at radius 1 is 1.33 bits per heavy atom. The van der Waals surface area contributed by atoms with Crippen molar-refractivity contribution in [3.63, 3.8) is 0 Å². The zero-order valence-electron chi connectivity index (χ0n) is 10.2. The predicted octanol–water partition coefficient (Wildman–Crippen LogP) is 0.684. The van der Waals surface area contributed by atoms with Crippen molar-refractivity contribution in [3.05, 3.63) is 0 Å². The second kappa shape index (κ2) is 4.32. The summed E-state index contributed by atoms with van der Waals surface area (Å²) in [7, 11) is 1.56. The molecule has 0 atom stereocenters. The third-order valence-electron chi connectivity index (χ3n) is 3.17. The van der Waals surface area contributed by atoms with Gasteiger partial charge in [0.2, 0.25) is 5.52 Å². The van der Waals surface area contributed by atoms with E-state index in [0.717, 1.165) is 12.8 Å². The lowest BCUT2D eigenvalue weighted by atomic mass is 10.3. The molecule has 7 heteroatoms. The topological polar surface area (TPSA) is 100 Å². The fourth-order valence-corrected chi connectivity index (χ4v) is 2.23. The van der Waals surface area contributed by atoms with E-state index in [1.165, 1.54) is 12.8 Å². The van der Waals surface area contributed by atoms with Crippen molar-refractivity contribution in [1.29, 1.82) is 0 Å². The molecule has 7 nitrogen and oxygen atoms in total. The van der Waals surface area contributed by atoms with Crippen LogP contribution < -0.4 is 20.2 Å². The van der Waals surface area contributed by atoms with Gasteiger partial charge in [-0.25, -0.2) is 9.97 Å². The number of fused-ring (bicyclic) bond motifs is 1. The van der Waals surface area contributed by atoms with Gasteiger partial charge in [-0.1, -0.05) is 0 Å². The molecule has 0 aliphatic heterocycles. The number of nitrogen functional groups attached to an aromatic ring is 1. The zero-order valence-corrected chi connectivity index (χ0v) is 10.2. The molecule has 0 bridgehead atoms. The van der Waals surface area contributed by atoms with Crippen LogP contribution >= 0.6 is 0 Å². The van der Waals surface area contributed by atoms with Gasteiger partial charge in [-0.15, -0.1) is 0 Å². The van der Waals surface area contributed by atoms with Crippen molar-refractivity contribution >= 4 is 17.0 Å². The summed E-state index contributed by atoms with van der Waals surface area (Å²) in [5.41, 5.74) is 7.08. The molecule has 0 unspecified atom stereocenters. The first kappa shape index (κ1) is 11.1. The Labute approximate surface area is 104 Å². The Bertz CT molecular complexity index is 562. The Hall–Kier alpha value is -2.05. The molecule has 2 aromatic rings. The van der Waals surface area contributed by atoms with Crippen LogP contribution in [0.25, 0.3) is 11.2 Å². The fraction of sp³-hybridized carbons (Fsp3) is 0.545. The third-order valence-corrected chi connectivity index (χ3v) is 3.17. The largest absolute Gasteiger partial charge is 0.448 e. The highest BCUT2D eigenvalue weighted by atomic mass is 16.5. The molecule has 1 saturated carbocycles. The maximum absolute atomic E-state index is 5.86. The number of nitrogens with two attached hydrogens (primary N) is 1. The summed E-state index contributed by atoms with van der Waals surface area (Å²) in [6.07, 6.45) is 4.73. The van der Waals surface area contributed by atoms with E-state index in [0.29, 0.717) is 29.0 Å². The second-order valence-corrected chi connectivity index (χ2v) is 4.42. The van der Waals surface area contributed by atoms with Gasteiger partial charge in [0.25, 0.3) is 0 Å². The van der Waals surface area contributed by atoms with Gasteiger partial charge in [-0.2, -0.15) is 4.98 Å². The summed E-state index contributed by atoms with van der Waals surface area (Å²) in [5.74, 6) is 0.354. The maximum Gasteiger partial charge on any atom is 0.397 e. The van der Waals surface area contributed by atoms with Gasteiger partial charge in [0, 0.05) is 0 Å². The number of rotatable bonds is 3. The van der Waals surface area contributed by atoms with Crippen LogP contribution in [-0.2, 0) is 0 Å². The molecule has 0 saturated heterocycles. The highest BCUT2D eigenvalue weighted by molar-refractivity contribution is 5.79. The summed E-state index contributed by atoms with van der Waals surface area (Å²) in [5, 5.41) is 0. The summed E-state index contributed by atoms with van der Waals surface area (Å²) in [6, 6.07) is 0.814. The number of aromatic amines is 2. The Morgan fingerprint density at radius 3 is 2.83 bits per heavy atom. The smallest absolute Gasteiger partial charge is 0.397 e. The highest BCUT2D eigenvalue weighted by Crippen LogP contribution is 2.24. The van der Waals surface area contributed by atoms with E-state index in [1.807, 2.05) is 0 Å². The van der Waals surface area contributed by atoms with Crippen LogP contribution in [-0.4, -0.2) is 28.2 Å². The number of anilines is 1. The molecular formula is C11H16N5O2+. The molecule has 2 heterocycles. The lowest BCUT2D eigenvalue weighted by Gasteiger charge is -2.08. The fourth-order valence-electron chi connectivity index (χ4n) is 2.23. The summed E-state index contributed by atoms with van der Waals surface area (Å²) >= 11 is 0.